The average Bonchev–Trinajstić information content (AvgIpc) is 2.12. The monoisotopic (exact) mass is 202 g/mol. The van der Waals surface area contributed by atoms with Crippen LogP contribution in [0.1, 0.15) is 6.92 Å². The molecule has 0 amide bonds. The van der Waals surface area contributed by atoms with Crippen molar-refractivity contribution < 1.29 is 9.13 Å². The molecule has 2 aliphatic heterocycles. The maximum Gasteiger partial charge on any atom is 0.125 e. The van der Waals surface area contributed by atoms with Gasteiger partial charge in [0.15, 0.2) is 0 Å². The highest BCUT2D eigenvalue weighted by Crippen LogP contribution is 2.20. The fraction of sp³-hybridized carbons (Fsp3) is 1.00. The number of ether oxygens (including phenoxy) is 1. The fourth-order valence-corrected chi connectivity index (χ4v) is 2.13. The summed E-state index contributed by atoms with van der Waals surface area (Å²) in [5.41, 5.74) is 0. The lowest BCUT2D eigenvalue weighted by Crippen LogP contribution is -2.59. The molecule has 14 heavy (non-hydrogen) atoms. The zero-order valence-corrected chi connectivity index (χ0v) is 8.95. The number of likely N-dealkylation sites (N-methyl/N-ethyl adjacent to an activating group) is 1. The van der Waals surface area contributed by atoms with Crippen LogP contribution in [0.25, 0.3) is 0 Å². The van der Waals surface area contributed by atoms with Crippen molar-refractivity contribution in [3.63, 3.8) is 0 Å². The topological polar surface area (TPSA) is 15.7 Å². The molecule has 2 saturated heterocycles. The molecule has 2 heterocycles. The van der Waals surface area contributed by atoms with Crippen LogP contribution in [0.5, 0.6) is 0 Å². The first-order valence-corrected chi connectivity index (χ1v) is 5.35. The quantitative estimate of drug-likeness (QED) is 0.643. The molecule has 0 saturated carbocycles. The van der Waals surface area contributed by atoms with Gasteiger partial charge < -0.3 is 9.64 Å². The van der Waals surface area contributed by atoms with E-state index < -0.39 is 6.17 Å². The number of hydrogen-bond donors (Lipinski definition) is 0. The molecule has 2 atom stereocenters. The van der Waals surface area contributed by atoms with Crippen LogP contribution in [-0.4, -0.2) is 68.0 Å². The molecule has 0 aromatic heterocycles. The summed E-state index contributed by atoms with van der Waals surface area (Å²) >= 11 is 0. The summed E-state index contributed by atoms with van der Waals surface area (Å²) in [5, 5.41) is 0. The average molecular weight is 202 g/mol. The molecule has 0 aromatic carbocycles. The van der Waals surface area contributed by atoms with E-state index in [9.17, 15) is 4.39 Å². The van der Waals surface area contributed by atoms with E-state index in [0.29, 0.717) is 19.1 Å². The van der Waals surface area contributed by atoms with Gasteiger partial charge in [-0.2, -0.15) is 0 Å². The molecular formula is C10H19FN2O. The minimum atomic E-state index is -0.612. The van der Waals surface area contributed by atoms with Crippen LogP contribution >= 0.6 is 0 Å². The zero-order valence-electron chi connectivity index (χ0n) is 8.95. The van der Waals surface area contributed by atoms with Gasteiger partial charge in [0.05, 0.1) is 12.7 Å². The SMILES string of the molecule is C[C@@H]([C@H]1CN(C)CCO1)N1CC(F)C1. The second kappa shape index (κ2) is 4.13. The van der Waals surface area contributed by atoms with Gasteiger partial charge in [0.1, 0.15) is 6.17 Å². The molecular weight excluding hydrogens is 183 g/mol. The van der Waals surface area contributed by atoms with Crippen molar-refractivity contribution in [3.05, 3.63) is 0 Å². The van der Waals surface area contributed by atoms with E-state index in [1.165, 1.54) is 0 Å². The summed E-state index contributed by atoms with van der Waals surface area (Å²) in [5.74, 6) is 0. The van der Waals surface area contributed by atoms with Crippen LogP contribution in [0.2, 0.25) is 0 Å². The van der Waals surface area contributed by atoms with Crippen LogP contribution in [0.15, 0.2) is 0 Å². The Morgan fingerprint density at radius 1 is 1.36 bits per heavy atom. The van der Waals surface area contributed by atoms with Crippen LogP contribution < -0.4 is 0 Å². The van der Waals surface area contributed by atoms with Gasteiger partial charge in [-0.15, -0.1) is 0 Å². The molecule has 0 N–H and O–H groups in total. The number of alkyl halides is 1. The number of nitrogens with zero attached hydrogens (tertiary/aromatic N) is 2. The number of morpholine rings is 1. The summed E-state index contributed by atoms with van der Waals surface area (Å²) in [6.07, 6.45) is -0.361. The van der Waals surface area contributed by atoms with Gasteiger partial charge in [-0.05, 0) is 14.0 Å². The van der Waals surface area contributed by atoms with Crippen LogP contribution in [0.4, 0.5) is 4.39 Å². The largest absolute Gasteiger partial charge is 0.374 e. The van der Waals surface area contributed by atoms with E-state index in [2.05, 4.69) is 23.8 Å². The third-order valence-corrected chi connectivity index (χ3v) is 3.28. The molecule has 2 fully saturated rings. The number of rotatable bonds is 2. The van der Waals surface area contributed by atoms with Crippen molar-refractivity contribution in [2.24, 2.45) is 0 Å². The maximum atomic E-state index is 12.7. The van der Waals surface area contributed by atoms with E-state index in [-0.39, 0.29) is 6.10 Å². The summed E-state index contributed by atoms with van der Waals surface area (Å²) in [6, 6.07) is 0.352. The number of likely N-dealkylation sites (tertiary alicyclic amines) is 1. The molecule has 82 valence electrons. The molecule has 2 aliphatic rings. The lowest BCUT2D eigenvalue weighted by atomic mass is 10.0. The van der Waals surface area contributed by atoms with Gasteiger partial charge >= 0.3 is 0 Å². The van der Waals surface area contributed by atoms with E-state index in [1.807, 2.05) is 0 Å². The Labute approximate surface area is 84.8 Å². The molecule has 4 heteroatoms. The Bertz CT molecular complexity index is 197. The van der Waals surface area contributed by atoms with Crippen molar-refractivity contribution in [3.8, 4) is 0 Å². The van der Waals surface area contributed by atoms with Gasteiger partial charge in [-0.25, -0.2) is 4.39 Å². The lowest BCUT2D eigenvalue weighted by Gasteiger charge is -2.44. The molecule has 0 radical (unpaired) electrons. The van der Waals surface area contributed by atoms with Crippen LogP contribution in [0.3, 0.4) is 0 Å². The molecule has 2 rings (SSSR count). The number of hydrogen-bond acceptors (Lipinski definition) is 3. The highest BCUT2D eigenvalue weighted by molar-refractivity contribution is 4.89. The highest BCUT2D eigenvalue weighted by Gasteiger charge is 2.35. The summed E-state index contributed by atoms with van der Waals surface area (Å²) < 4.78 is 18.4. The number of halogens is 1. The van der Waals surface area contributed by atoms with Gasteiger partial charge in [0, 0.05) is 32.2 Å². The first-order valence-electron chi connectivity index (χ1n) is 5.35. The van der Waals surface area contributed by atoms with Crippen LogP contribution in [0, 0.1) is 0 Å². The van der Waals surface area contributed by atoms with Gasteiger partial charge in [0.25, 0.3) is 0 Å². The molecule has 0 spiro atoms. The summed E-state index contributed by atoms with van der Waals surface area (Å²) in [7, 11) is 2.11. The molecule has 3 nitrogen and oxygen atoms in total. The smallest absolute Gasteiger partial charge is 0.125 e. The Kier molecular flexibility index (Phi) is 3.04. The van der Waals surface area contributed by atoms with Crippen molar-refractivity contribution in [2.45, 2.75) is 25.2 Å². The third-order valence-electron chi connectivity index (χ3n) is 3.28. The first kappa shape index (κ1) is 10.3. The van der Waals surface area contributed by atoms with Crippen molar-refractivity contribution in [1.29, 1.82) is 0 Å². The maximum absolute atomic E-state index is 12.7. The Hall–Kier alpha value is -0.190. The summed E-state index contributed by atoms with van der Waals surface area (Å²) in [6.45, 7) is 6.09. The minimum Gasteiger partial charge on any atom is -0.374 e. The Morgan fingerprint density at radius 2 is 2.07 bits per heavy atom. The molecule has 0 aromatic rings. The normalized spacial score (nSPS) is 34.1. The van der Waals surface area contributed by atoms with Crippen molar-refractivity contribution >= 4 is 0 Å². The van der Waals surface area contributed by atoms with Gasteiger partial charge in [0.2, 0.25) is 0 Å². The predicted molar refractivity (Wildman–Crippen MR) is 53.2 cm³/mol. The van der Waals surface area contributed by atoms with E-state index in [4.69, 9.17) is 4.74 Å². The Morgan fingerprint density at radius 3 is 2.64 bits per heavy atom. The lowest BCUT2D eigenvalue weighted by molar-refractivity contribution is -0.0866. The molecule has 0 unspecified atom stereocenters. The first-order chi connectivity index (χ1) is 6.66. The van der Waals surface area contributed by atoms with Gasteiger partial charge in [-0.1, -0.05) is 0 Å². The standard InChI is InChI=1S/C10H19FN2O/c1-8(13-5-9(11)6-13)10-7-12(2)3-4-14-10/h8-10H,3-7H2,1-2H3/t8-,10+/m0/s1. The molecule has 0 bridgehead atoms. The van der Waals surface area contributed by atoms with E-state index >= 15 is 0 Å². The highest BCUT2D eigenvalue weighted by atomic mass is 19.1. The summed E-state index contributed by atoms with van der Waals surface area (Å²) in [4.78, 5) is 4.44. The van der Waals surface area contributed by atoms with Crippen molar-refractivity contribution in [2.75, 3.05) is 39.8 Å². The minimum absolute atomic E-state index is 0.251. The Balaban J connectivity index is 1.81. The third kappa shape index (κ3) is 2.07. The second-order valence-corrected chi connectivity index (χ2v) is 4.46. The fourth-order valence-electron chi connectivity index (χ4n) is 2.13. The van der Waals surface area contributed by atoms with Crippen LogP contribution in [-0.2, 0) is 4.74 Å². The van der Waals surface area contributed by atoms with Crippen molar-refractivity contribution in [1.82, 2.24) is 9.80 Å². The second-order valence-electron chi connectivity index (χ2n) is 4.46. The van der Waals surface area contributed by atoms with Gasteiger partial charge in [-0.3, -0.25) is 4.90 Å². The van der Waals surface area contributed by atoms with E-state index in [1.54, 1.807) is 0 Å². The zero-order chi connectivity index (χ0) is 10.1. The molecule has 0 aliphatic carbocycles. The predicted octanol–water partition coefficient (Wildman–Crippen LogP) is 0.359. The van der Waals surface area contributed by atoms with E-state index in [0.717, 1.165) is 19.7 Å².